The standard InChI is InChI=1S/C18H26O6Si/c1-13(2)12-24-17(20)15-9-6-5-8-14(15)16(19)23-11-7-10-18(25,21-3)22-4/h5-6,8-9H,1,7,10-12H2,2-4,25H3. The summed E-state index contributed by atoms with van der Waals surface area (Å²) in [6, 6.07) is 6.42. The minimum atomic E-state index is -0.576. The second-order valence-electron chi connectivity index (χ2n) is 5.86. The van der Waals surface area contributed by atoms with Crippen LogP contribution in [0.5, 0.6) is 0 Å². The van der Waals surface area contributed by atoms with Crippen molar-refractivity contribution in [2.24, 2.45) is 0 Å². The van der Waals surface area contributed by atoms with Crippen LogP contribution in [0.1, 0.15) is 40.5 Å². The van der Waals surface area contributed by atoms with Gasteiger partial charge in [-0.25, -0.2) is 9.59 Å². The molecule has 0 saturated heterocycles. The van der Waals surface area contributed by atoms with E-state index in [9.17, 15) is 9.59 Å². The van der Waals surface area contributed by atoms with Gasteiger partial charge in [0.05, 0.1) is 28.0 Å². The monoisotopic (exact) mass is 366 g/mol. The Morgan fingerprint density at radius 1 is 1.08 bits per heavy atom. The number of hydrogen-bond donors (Lipinski definition) is 0. The topological polar surface area (TPSA) is 71.1 Å². The minimum absolute atomic E-state index is 0.110. The highest BCUT2D eigenvalue weighted by Crippen LogP contribution is 2.15. The van der Waals surface area contributed by atoms with Gasteiger partial charge in [0.25, 0.3) is 0 Å². The van der Waals surface area contributed by atoms with E-state index in [1.54, 1.807) is 39.3 Å². The van der Waals surface area contributed by atoms with Crippen molar-refractivity contribution in [2.45, 2.75) is 25.2 Å². The maximum atomic E-state index is 12.3. The molecule has 7 heteroatoms. The lowest BCUT2D eigenvalue weighted by atomic mass is 10.1. The molecule has 0 heterocycles. The second-order valence-corrected chi connectivity index (χ2v) is 7.38. The van der Waals surface area contributed by atoms with E-state index in [1.807, 2.05) is 0 Å². The molecule has 0 aromatic heterocycles. The summed E-state index contributed by atoms with van der Waals surface area (Å²) >= 11 is 0. The van der Waals surface area contributed by atoms with Crippen LogP contribution in [0.2, 0.25) is 0 Å². The summed E-state index contributed by atoms with van der Waals surface area (Å²) in [5, 5.41) is 0. The predicted octanol–water partition coefficient (Wildman–Crippen LogP) is 1.67. The van der Waals surface area contributed by atoms with Gasteiger partial charge in [-0.15, -0.1) is 0 Å². The highest BCUT2D eigenvalue weighted by atomic mass is 28.1. The van der Waals surface area contributed by atoms with Crippen molar-refractivity contribution in [3.05, 3.63) is 47.5 Å². The molecule has 0 fully saturated rings. The lowest BCUT2D eigenvalue weighted by molar-refractivity contribution is -0.147. The van der Waals surface area contributed by atoms with E-state index in [4.69, 9.17) is 18.9 Å². The van der Waals surface area contributed by atoms with Crippen molar-refractivity contribution in [1.29, 1.82) is 0 Å². The molecule has 0 aliphatic rings. The normalized spacial score (nSPS) is 11.2. The first-order valence-corrected chi connectivity index (χ1v) is 9.01. The molecule has 0 atom stereocenters. The van der Waals surface area contributed by atoms with Gasteiger partial charge in [0.1, 0.15) is 12.0 Å². The molecule has 1 aromatic carbocycles. The zero-order valence-electron chi connectivity index (χ0n) is 15.3. The summed E-state index contributed by atoms with van der Waals surface area (Å²) < 4.78 is 21.0. The fourth-order valence-corrected chi connectivity index (χ4v) is 2.38. The number of benzene rings is 1. The van der Waals surface area contributed by atoms with Gasteiger partial charge in [0, 0.05) is 14.2 Å². The number of carbonyl (C=O) groups excluding carboxylic acids is 2. The van der Waals surface area contributed by atoms with Gasteiger partial charge in [-0.2, -0.15) is 0 Å². The number of rotatable bonds is 10. The van der Waals surface area contributed by atoms with Gasteiger partial charge in [0.15, 0.2) is 0 Å². The van der Waals surface area contributed by atoms with Crippen LogP contribution >= 0.6 is 0 Å². The SMILES string of the molecule is C=C(C)COC(=O)c1ccccc1C(=O)OCCCC([SiH3])(OC)OC. The maximum Gasteiger partial charge on any atom is 0.339 e. The molecule has 0 spiro atoms. The van der Waals surface area contributed by atoms with Crippen molar-refractivity contribution in [1.82, 2.24) is 0 Å². The molecule has 0 saturated carbocycles. The lowest BCUT2D eigenvalue weighted by Crippen LogP contribution is -2.34. The van der Waals surface area contributed by atoms with Crippen LogP contribution in [0.4, 0.5) is 0 Å². The number of ether oxygens (including phenoxy) is 4. The molecule has 6 nitrogen and oxygen atoms in total. The molecule has 138 valence electrons. The van der Waals surface area contributed by atoms with Crippen molar-refractivity contribution < 1.29 is 28.5 Å². The van der Waals surface area contributed by atoms with Crippen LogP contribution in [0, 0.1) is 0 Å². The van der Waals surface area contributed by atoms with E-state index >= 15 is 0 Å². The largest absolute Gasteiger partial charge is 0.462 e. The number of esters is 2. The Morgan fingerprint density at radius 2 is 1.60 bits per heavy atom. The van der Waals surface area contributed by atoms with E-state index in [0.29, 0.717) is 23.1 Å². The molecule has 0 N–H and O–H groups in total. The van der Waals surface area contributed by atoms with Crippen LogP contribution in [-0.2, 0) is 18.9 Å². The summed E-state index contributed by atoms with van der Waals surface area (Å²) in [4.78, 5) is 24.4. The van der Waals surface area contributed by atoms with Crippen LogP contribution < -0.4 is 0 Å². The van der Waals surface area contributed by atoms with E-state index in [2.05, 4.69) is 6.58 Å². The van der Waals surface area contributed by atoms with Crippen molar-refractivity contribution in [2.75, 3.05) is 27.4 Å². The van der Waals surface area contributed by atoms with Crippen LogP contribution in [0.15, 0.2) is 36.4 Å². The van der Waals surface area contributed by atoms with Gasteiger partial charge in [-0.1, -0.05) is 18.7 Å². The molecule has 0 radical (unpaired) electrons. The van der Waals surface area contributed by atoms with Gasteiger partial charge in [-0.3, -0.25) is 0 Å². The molecule has 0 aliphatic carbocycles. The van der Waals surface area contributed by atoms with E-state index in [-0.39, 0.29) is 24.3 Å². The minimum Gasteiger partial charge on any atom is -0.462 e. The van der Waals surface area contributed by atoms with E-state index in [1.165, 1.54) is 6.07 Å². The zero-order chi connectivity index (χ0) is 18.9. The Bertz CT molecular complexity index is 609. The van der Waals surface area contributed by atoms with Gasteiger partial charge >= 0.3 is 11.9 Å². The first-order valence-electron chi connectivity index (χ1n) is 8.01. The van der Waals surface area contributed by atoms with Gasteiger partial charge < -0.3 is 18.9 Å². The third-order valence-electron chi connectivity index (χ3n) is 3.69. The van der Waals surface area contributed by atoms with Crippen LogP contribution in [0.25, 0.3) is 0 Å². The third-order valence-corrected chi connectivity index (χ3v) is 5.01. The predicted molar refractivity (Wildman–Crippen MR) is 97.7 cm³/mol. The number of hydrogen-bond acceptors (Lipinski definition) is 6. The molecule has 1 rings (SSSR count). The number of methoxy groups -OCH3 is 2. The average Bonchev–Trinajstić information content (AvgIpc) is 2.62. The van der Waals surface area contributed by atoms with Gasteiger partial charge in [-0.05, 0) is 37.5 Å². The van der Waals surface area contributed by atoms with Crippen molar-refractivity contribution in [3.63, 3.8) is 0 Å². The molecule has 0 aliphatic heterocycles. The number of carbonyl (C=O) groups is 2. The van der Waals surface area contributed by atoms with Crippen molar-refractivity contribution in [3.8, 4) is 0 Å². The van der Waals surface area contributed by atoms with Crippen LogP contribution in [0.3, 0.4) is 0 Å². The molecular formula is C18H26O6Si. The maximum absolute atomic E-state index is 12.3. The lowest BCUT2D eigenvalue weighted by Gasteiger charge is -2.26. The van der Waals surface area contributed by atoms with E-state index in [0.717, 1.165) is 5.57 Å². The highest BCUT2D eigenvalue weighted by molar-refractivity contribution is 6.13. The second kappa shape index (κ2) is 10.1. The van der Waals surface area contributed by atoms with Crippen LogP contribution in [-0.4, -0.2) is 55.0 Å². The Morgan fingerprint density at radius 3 is 2.08 bits per heavy atom. The summed E-state index contributed by atoms with van der Waals surface area (Å²) in [6.45, 7) is 5.75. The first-order chi connectivity index (χ1) is 11.8. The molecule has 0 amide bonds. The first kappa shape index (κ1) is 21.1. The fourth-order valence-electron chi connectivity index (χ4n) is 2.03. The quantitative estimate of drug-likeness (QED) is 0.206. The Labute approximate surface area is 151 Å². The summed E-state index contributed by atoms with van der Waals surface area (Å²) in [6.07, 6.45) is 1.22. The summed E-state index contributed by atoms with van der Waals surface area (Å²) in [5.41, 5.74) is 0.511. The van der Waals surface area contributed by atoms with Crippen molar-refractivity contribution >= 4 is 22.2 Å². The third kappa shape index (κ3) is 6.81. The van der Waals surface area contributed by atoms with E-state index < -0.39 is 17.3 Å². The molecule has 0 unspecified atom stereocenters. The average molecular weight is 366 g/mol. The molecular weight excluding hydrogens is 340 g/mol. The zero-order valence-corrected chi connectivity index (χ0v) is 17.3. The summed E-state index contributed by atoms with van der Waals surface area (Å²) in [7, 11) is 3.89. The Hall–Kier alpha value is -1.96. The fraction of sp³-hybridized carbons (Fsp3) is 0.444. The summed E-state index contributed by atoms with van der Waals surface area (Å²) in [5.74, 6) is -1.13. The highest BCUT2D eigenvalue weighted by Gasteiger charge is 2.22. The van der Waals surface area contributed by atoms with Gasteiger partial charge in [0.2, 0.25) is 0 Å². The molecule has 1 aromatic rings. The smallest absolute Gasteiger partial charge is 0.339 e. The Balaban J connectivity index is 2.64. The molecule has 0 bridgehead atoms. The Kier molecular flexibility index (Phi) is 8.54. The molecule has 25 heavy (non-hydrogen) atoms.